The number of carboxylic acids is 1. The highest BCUT2D eigenvalue weighted by Gasteiger charge is 2.20. The van der Waals surface area contributed by atoms with E-state index in [4.69, 9.17) is 0 Å². The number of carboxylic acid groups (broad SMARTS) is 1. The van der Waals surface area contributed by atoms with E-state index in [9.17, 15) is 9.90 Å². The third-order valence-corrected chi connectivity index (χ3v) is 3.68. The lowest BCUT2D eigenvalue weighted by Crippen LogP contribution is -2.19. The van der Waals surface area contributed by atoms with Gasteiger partial charge in [0.25, 0.3) is 0 Å². The summed E-state index contributed by atoms with van der Waals surface area (Å²) < 4.78 is 0. The molecule has 0 aliphatic carbocycles. The molecule has 0 amide bonds. The third kappa shape index (κ3) is 4.06. The summed E-state index contributed by atoms with van der Waals surface area (Å²) in [6.45, 7) is 2.00. The van der Waals surface area contributed by atoms with Crippen LogP contribution in [0.3, 0.4) is 0 Å². The molecular weight excluding hydrogens is 260 g/mol. The Labute approximate surface area is 115 Å². The van der Waals surface area contributed by atoms with Crippen molar-refractivity contribution in [2.24, 2.45) is 0 Å². The molecule has 0 bridgehead atoms. The van der Waals surface area contributed by atoms with E-state index in [1.807, 2.05) is 31.2 Å². The Morgan fingerprint density at radius 2 is 1.89 bits per heavy atom. The minimum absolute atomic E-state index is 0.457. The highest BCUT2D eigenvalue weighted by atomic mass is 32.2. The molecule has 0 saturated heterocycles. The van der Waals surface area contributed by atoms with Crippen molar-refractivity contribution in [2.75, 3.05) is 0 Å². The Bertz CT molecular complexity index is 543. The van der Waals surface area contributed by atoms with E-state index in [1.54, 1.807) is 18.5 Å². The molecular formula is C14H14N2O2S. The first-order valence-electron chi connectivity index (χ1n) is 5.87. The number of hydrogen-bond donors (Lipinski definition) is 1. The van der Waals surface area contributed by atoms with Crippen LogP contribution in [0.2, 0.25) is 0 Å². The summed E-state index contributed by atoms with van der Waals surface area (Å²) >= 11 is 1.17. The van der Waals surface area contributed by atoms with Crippen LogP contribution in [0.4, 0.5) is 0 Å². The molecule has 2 rings (SSSR count). The second kappa shape index (κ2) is 6.33. The first-order valence-corrected chi connectivity index (χ1v) is 6.75. The monoisotopic (exact) mass is 274 g/mol. The molecule has 1 aromatic heterocycles. The van der Waals surface area contributed by atoms with Crippen molar-refractivity contribution in [1.29, 1.82) is 0 Å². The predicted molar refractivity (Wildman–Crippen MR) is 74.2 cm³/mol. The van der Waals surface area contributed by atoms with Crippen LogP contribution in [0, 0.1) is 6.92 Å². The second-order valence-electron chi connectivity index (χ2n) is 4.17. The maximum atomic E-state index is 11.3. The van der Waals surface area contributed by atoms with Gasteiger partial charge in [-0.2, -0.15) is 0 Å². The fraction of sp³-hybridized carbons (Fsp3) is 0.214. The van der Waals surface area contributed by atoms with Gasteiger partial charge in [0.05, 0.1) is 0 Å². The molecule has 1 heterocycles. The van der Waals surface area contributed by atoms with Crippen molar-refractivity contribution in [3.05, 3.63) is 53.9 Å². The van der Waals surface area contributed by atoms with Crippen LogP contribution < -0.4 is 0 Å². The van der Waals surface area contributed by atoms with E-state index in [0.717, 1.165) is 11.1 Å². The van der Waals surface area contributed by atoms with Gasteiger partial charge < -0.3 is 5.11 Å². The van der Waals surface area contributed by atoms with Crippen LogP contribution >= 0.6 is 11.8 Å². The molecule has 0 saturated carbocycles. The van der Waals surface area contributed by atoms with Gasteiger partial charge in [0.15, 0.2) is 5.16 Å². The lowest BCUT2D eigenvalue weighted by atomic mass is 10.1. The summed E-state index contributed by atoms with van der Waals surface area (Å²) in [6, 6.07) is 9.59. The highest BCUT2D eigenvalue weighted by Crippen LogP contribution is 2.22. The van der Waals surface area contributed by atoms with Crippen LogP contribution in [0.15, 0.2) is 47.9 Å². The number of hydrogen-bond acceptors (Lipinski definition) is 4. The molecule has 1 aromatic carbocycles. The van der Waals surface area contributed by atoms with Crippen LogP contribution in [0.1, 0.15) is 11.1 Å². The van der Waals surface area contributed by atoms with Crippen molar-refractivity contribution in [2.45, 2.75) is 23.8 Å². The average molecular weight is 274 g/mol. The molecule has 0 radical (unpaired) electrons. The number of aliphatic carboxylic acids is 1. The number of aryl methyl sites for hydroxylation is 1. The van der Waals surface area contributed by atoms with Crippen molar-refractivity contribution < 1.29 is 9.90 Å². The minimum Gasteiger partial charge on any atom is -0.480 e. The van der Waals surface area contributed by atoms with Gasteiger partial charge in [-0.3, -0.25) is 4.79 Å². The topological polar surface area (TPSA) is 63.1 Å². The van der Waals surface area contributed by atoms with E-state index in [1.165, 1.54) is 11.8 Å². The number of rotatable bonds is 5. The Balaban J connectivity index is 2.08. The SMILES string of the molecule is Cc1ccc(CC(Sc2ncccn2)C(=O)O)cc1. The predicted octanol–water partition coefficient (Wildman–Crippen LogP) is 2.57. The number of aromatic nitrogens is 2. The van der Waals surface area contributed by atoms with Gasteiger partial charge in [0.2, 0.25) is 0 Å². The fourth-order valence-electron chi connectivity index (χ4n) is 1.59. The second-order valence-corrected chi connectivity index (χ2v) is 5.34. The Kier molecular flexibility index (Phi) is 4.52. The van der Waals surface area contributed by atoms with Gasteiger partial charge in [-0.05, 0) is 25.0 Å². The van der Waals surface area contributed by atoms with Gasteiger partial charge in [-0.1, -0.05) is 41.6 Å². The van der Waals surface area contributed by atoms with Gasteiger partial charge >= 0.3 is 5.97 Å². The zero-order valence-electron chi connectivity index (χ0n) is 10.5. The fourth-order valence-corrected chi connectivity index (χ4v) is 2.47. The van der Waals surface area contributed by atoms with Gasteiger partial charge in [-0.15, -0.1) is 0 Å². The molecule has 19 heavy (non-hydrogen) atoms. The van der Waals surface area contributed by atoms with Crippen molar-refractivity contribution in [1.82, 2.24) is 9.97 Å². The first kappa shape index (κ1) is 13.5. The van der Waals surface area contributed by atoms with Crippen LogP contribution in [-0.4, -0.2) is 26.3 Å². The largest absolute Gasteiger partial charge is 0.480 e. The number of carbonyl (C=O) groups is 1. The number of nitrogens with zero attached hydrogens (tertiary/aromatic N) is 2. The highest BCUT2D eigenvalue weighted by molar-refractivity contribution is 8.00. The molecule has 98 valence electrons. The van der Waals surface area contributed by atoms with E-state index >= 15 is 0 Å². The summed E-state index contributed by atoms with van der Waals surface area (Å²) in [6.07, 6.45) is 3.68. The van der Waals surface area contributed by atoms with Crippen LogP contribution in [0.5, 0.6) is 0 Å². The zero-order chi connectivity index (χ0) is 13.7. The normalized spacial score (nSPS) is 12.1. The summed E-state index contributed by atoms with van der Waals surface area (Å²) in [7, 11) is 0. The summed E-state index contributed by atoms with van der Waals surface area (Å²) in [4.78, 5) is 19.4. The summed E-state index contributed by atoms with van der Waals surface area (Å²) in [5.41, 5.74) is 2.16. The Hall–Kier alpha value is -1.88. The molecule has 5 heteroatoms. The van der Waals surface area contributed by atoms with Crippen molar-refractivity contribution in [3.63, 3.8) is 0 Å². The Morgan fingerprint density at radius 3 is 2.47 bits per heavy atom. The summed E-state index contributed by atoms with van der Waals surface area (Å²) in [5.74, 6) is -0.849. The standard InChI is InChI=1S/C14H14N2O2S/c1-10-3-5-11(6-4-10)9-12(13(17)18)19-14-15-7-2-8-16-14/h2-8,12H,9H2,1H3,(H,17,18). The zero-order valence-corrected chi connectivity index (χ0v) is 11.3. The number of thioether (sulfide) groups is 1. The van der Waals surface area contributed by atoms with E-state index < -0.39 is 11.2 Å². The molecule has 0 spiro atoms. The van der Waals surface area contributed by atoms with Crippen molar-refractivity contribution in [3.8, 4) is 0 Å². The van der Waals surface area contributed by atoms with Crippen molar-refractivity contribution >= 4 is 17.7 Å². The van der Waals surface area contributed by atoms with E-state index in [2.05, 4.69) is 9.97 Å². The minimum atomic E-state index is -0.849. The molecule has 2 aromatic rings. The quantitative estimate of drug-likeness (QED) is 0.670. The molecule has 0 fully saturated rings. The first-order chi connectivity index (χ1) is 9.15. The van der Waals surface area contributed by atoms with Gasteiger partial charge in [0, 0.05) is 12.4 Å². The lowest BCUT2D eigenvalue weighted by Gasteiger charge is -2.11. The molecule has 0 aliphatic heterocycles. The van der Waals surface area contributed by atoms with E-state index in [-0.39, 0.29) is 0 Å². The Morgan fingerprint density at radius 1 is 1.26 bits per heavy atom. The maximum absolute atomic E-state index is 11.3. The van der Waals surface area contributed by atoms with E-state index in [0.29, 0.717) is 11.6 Å². The number of benzene rings is 1. The summed E-state index contributed by atoms with van der Waals surface area (Å²) in [5, 5.41) is 9.18. The van der Waals surface area contributed by atoms with Crippen LogP contribution in [-0.2, 0) is 11.2 Å². The van der Waals surface area contributed by atoms with Gasteiger partial charge in [-0.25, -0.2) is 9.97 Å². The molecule has 1 N–H and O–H groups in total. The molecule has 1 atom stereocenters. The third-order valence-electron chi connectivity index (χ3n) is 2.61. The van der Waals surface area contributed by atoms with Gasteiger partial charge in [0.1, 0.15) is 5.25 Å². The maximum Gasteiger partial charge on any atom is 0.317 e. The van der Waals surface area contributed by atoms with Crippen LogP contribution in [0.25, 0.3) is 0 Å². The molecule has 4 nitrogen and oxygen atoms in total. The molecule has 1 unspecified atom stereocenters. The smallest absolute Gasteiger partial charge is 0.317 e. The average Bonchev–Trinajstić information content (AvgIpc) is 2.41. The lowest BCUT2D eigenvalue weighted by molar-refractivity contribution is -0.136. The molecule has 0 aliphatic rings.